The van der Waals surface area contributed by atoms with Gasteiger partial charge in [0.2, 0.25) is 0 Å². The highest BCUT2D eigenvalue weighted by Crippen LogP contribution is 2.28. The van der Waals surface area contributed by atoms with Crippen LogP contribution in [0.5, 0.6) is 0 Å². The van der Waals surface area contributed by atoms with Crippen LogP contribution in [-0.2, 0) is 0 Å². The van der Waals surface area contributed by atoms with Crippen molar-refractivity contribution >= 4 is 11.6 Å². The van der Waals surface area contributed by atoms with Gasteiger partial charge in [-0.2, -0.15) is 5.26 Å². The summed E-state index contributed by atoms with van der Waals surface area (Å²) in [5.74, 6) is 0.499. The normalized spacial score (nSPS) is 18.9. The molecule has 1 aliphatic carbocycles. The molecular weight excluding hydrogens is 358 g/mol. The van der Waals surface area contributed by atoms with E-state index < -0.39 is 0 Å². The molecule has 4 heteroatoms. The largest absolute Gasteiger partial charge is 0.372 e. The van der Waals surface area contributed by atoms with Crippen molar-refractivity contribution in [3.8, 4) is 6.07 Å². The van der Waals surface area contributed by atoms with E-state index in [0.717, 1.165) is 48.1 Å². The molecule has 2 aromatic rings. The second-order valence-corrected chi connectivity index (χ2v) is 8.48. The zero-order valence-corrected chi connectivity index (χ0v) is 17.9. The van der Waals surface area contributed by atoms with Crippen LogP contribution >= 0.6 is 0 Å². The zero-order chi connectivity index (χ0) is 21.0. The number of benzene rings is 2. The Hall–Kier alpha value is -2.80. The van der Waals surface area contributed by atoms with Gasteiger partial charge in [0.1, 0.15) is 0 Å². The standard InChI is InChI=1S/C25H31N3O.H2/c1-17(2)19-5-7-20(8-6-19)25(29)27-22-10-13-23(14-11-22)28(4)24-12-9-21(16-26)18(3)15-24;/h5-9,12,15,17,22-23H,10-11,13-14H2,1-4H3,(H,27,29);1H. The van der Waals surface area contributed by atoms with E-state index in [1.807, 2.05) is 43.3 Å². The third kappa shape index (κ3) is 4.98. The van der Waals surface area contributed by atoms with Crippen LogP contribution in [0.2, 0.25) is 0 Å². The summed E-state index contributed by atoms with van der Waals surface area (Å²) in [5, 5.41) is 12.3. The second-order valence-electron chi connectivity index (χ2n) is 8.48. The minimum absolute atomic E-state index is 0. The van der Waals surface area contributed by atoms with Crippen LogP contribution < -0.4 is 10.2 Å². The Bertz CT molecular complexity index is 894. The molecule has 1 amide bonds. The smallest absolute Gasteiger partial charge is 0.251 e. The Morgan fingerprint density at radius 3 is 2.34 bits per heavy atom. The quantitative estimate of drug-likeness (QED) is 0.741. The average molecular weight is 392 g/mol. The molecule has 1 fully saturated rings. The molecule has 0 unspecified atom stereocenters. The van der Waals surface area contributed by atoms with E-state index >= 15 is 0 Å². The Balaban J connectivity index is 0.00000320. The molecule has 2 aromatic carbocycles. The Labute approximate surface area is 176 Å². The van der Waals surface area contributed by atoms with Crippen LogP contribution in [0.15, 0.2) is 42.5 Å². The number of hydrogen-bond acceptors (Lipinski definition) is 3. The van der Waals surface area contributed by atoms with E-state index in [0.29, 0.717) is 12.0 Å². The monoisotopic (exact) mass is 391 g/mol. The maximum atomic E-state index is 12.6. The molecule has 1 saturated carbocycles. The van der Waals surface area contributed by atoms with Crippen molar-refractivity contribution in [2.75, 3.05) is 11.9 Å². The van der Waals surface area contributed by atoms with Gasteiger partial charge in [0, 0.05) is 31.8 Å². The van der Waals surface area contributed by atoms with Crippen LogP contribution in [0.1, 0.15) is 73.9 Å². The molecule has 154 valence electrons. The number of nitrogens with zero attached hydrogens (tertiary/aromatic N) is 2. The average Bonchev–Trinajstić information content (AvgIpc) is 2.73. The molecule has 0 saturated heterocycles. The number of carbonyl (C=O) groups is 1. The summed E-state index contributed by atoms with van der Waals surface area (Å²) in [6.07, 6.45) is 4.07. The predicted octanol–water partition coefficient (Wildman–Crippen LogP) is 5.41. The first kappa shape index (κ1) is 20.9. The van der Waals surface area contributed by atoms with Crippen LogP contribution in [0.4, 0.5) is 5.69 Å². The fourth-order valence-electron chi connectivity index (χ4n) is 4.10. The minimum Gasteiger partial charge on any atom is -0.372 e. The summed E-state index contributed by atoms with van der Waals surface area (Å²) in [5.41, 5.74) is 4.89. The molecule has 0 bridgehead atoms. The van der Waals surface area contributed by atoms with Crippen molar-refractivity contribution in [1.29, 1.82) is 5.26 Å². The van der Waals surface area contributed by atoms with Crippen LogP contribution in [0, 0.1) is 18.3 Å². The summed E-state index contributed by atoms with van der Waals surface area (Å²) in [4.78, 5) is 14.9. The molecule has 1 N–H and O–H groups in total. The van der Waals surface area contributed by atoms with Gasteiger partial charge in [-0.15, -0.1) is 0 Å². The zero-order valence-electron chi connectivity index (χ0n) is 17.9. The summed E-state index contributed by atoms with van der Waals surface area (Å²) >= 11 is 0. The molecule has 0 heterocycles. The van der Waals surface area contributed by atoms with E-state index in [4.69, 9.17) is 5.26 Å². The minimum atomic E-state index is 0. The van der Waals surface area contributed by atoms with E-state index in [9.17, 15) is 4.79 Å². The van der Waals surface area contributed by atoms with Crippen molar-refractivity contribution < 1.29 is 6.22 Å². The molecule has 0 atom stereocenters. The molecule has 0 aliphatic heterocycles. The van der Waals surface area contributed by atoms with Crippen molar-refractivity contribution in [2.24, 2.45) is 0 Å². The highest BCUT2D eigenvalue weighted by Gasteiger charge is 2.25. The summed E-state index contributed by atoms with van der Waals surface area (Å²) < 4.78 is 0. The topological polar surface area (TPSA) is 56.1 Å². The van der Waals surface area contributed by atoms with Crippen molar-refractivity contribution in [3.05, 3.63) is 64.7 Å². The molecule has 1 aliphatic rings. The number of rotatable bonds is 5. The van der Waals surface area contributed by atoms with Crippen molar-refractivity contribution in [2.45, 2.75) is 64.5 Å². The van der Waals surface area contributed by atoms with Crippen molar-refractivity contribution in [3.63, 3.8) is 0 Å². The maximum absolute atomic E-state index is 12.6. The number of nitrogens with one attached hydrogen (secondary N) is 1. The molecule has 0 aromatic heterocycles. The molecule has 0 spiro atoms. The highest BCUT2D eigenvalue weighted by molar-refractivity contribution is 5.94. The van der Waals surface area contributed by atoms with Gasteiger partial charge >= 0.3 is 0 Å². The maximum Gasteiger partial charge on any atom is 0.251 e. The van der Waals surface area contributed by atoms with Gasteiger partial charge in [-0.3, -0.25) is 4.79 Å². The van der Waals surface area contributed by atoms with Gasteiger partial charge < -0.3 is 10.2 Å². The van der Waals surface area contributed by atoms with Gasteiger partial charge in [0.05, 0.1) is 11.6 Å². The predicted molar refractivity (Wildman–Crippen MR) is 120 cm³/mol. The molecule has 29 heavy (non-hydrogen) atoms. The highest BCUT2D eigenvalue weighted by atomic mass is 16.1. The van der Waals surface area contributed by atoms with E-state index in [1.165, 1.54) is 5.56 Å². The Morgan fingerprint density at radius 2 is 1.79 bits per heavy atom. The number of nitriles is 1. The van der Waals surface area contributed by atoms with Crippen LogP contribution in [0.3, 0.4) is 0 Å². The number of carbonyl (C=O) groups excluding carboxylic acids is 1. The third-order valence-electron chi connectivity index (χ3n) is 6.16. The van der Waals surface area contributed by atoms with E-state index in [1.54, 1.807) is 0 Å². The first-order chi connectivity index (χ1) is 13.9. The van der Waals surface area contributed by atoms with Crippen LogP contribution in [-0.4, -0.2) is 25.0 Å². The van der Waals surface area contributed by atoms with Crippen LogP contribution in [0.25, 0.3) is 0 Å². The summed E-state index contributed by atoms with van der Waals surface area (Å²) in [7, 11) is 2.13. The van der Waals surface area contributed by atoms with Gasteiger partial charge in [0.25, 0.3) is 5.91 Å². The van der Waals surface area contributed by atoms with Crippen molar-refractivity contribution in [1.82, 2.24) is 5.32 Å². The molecule has 3 rings (SSSR count). The van der Waals surface area contributed by atoms with Gasteiger partial charge in [0.15, 0.2) is 0 Å². The van der Waals surface area contributed by atoms with E-state index in [2.05, 4.69) is 43.2 Å². The number of amides is 1. The lowest BCUT2D eigenvalue weighted by Crippen LogP contribution is -2.43. The second kappa shape index (κ2) is 9.13. The Morgan fingerprint density at radius 1 is 1.14 bits per heavy atom. The number of anilines is 1. The fourth-order valence-corrected chi connectivity index (χ4v) is 4.10. The lowest BCUT2D eigenvalue weighted by Gasteiger charge is -2.36. The summed E-state index contributed by atoms with van der Waals surface area (Å²) in [6, 6.07) is 16.9. The first-order valence-electron chi connectivity index (χ1n) is 10.5. The molecule has 4 nitrogen and oxygen atoms in total. The fraction of sp³-hybridized carbons (Fsp3) is 0.440. The molecular formula is C25H33N3O. The van der Waals surface area contributed by atoms with Gasteiger partial charge in [-0.05, 0) is 80.0 Å². The third-order valence-corrected chi connectivity index (χ3v) is 6.16. The first-order valence-corrected chi connectivity index (χ1v) is 10.5. The number of hydrogen-bond donors (Lipinski definition) is 1. The van der Waals surface area contributed by atoms with Gasteiger partial charge in [-0.25, -0.2) is 0 Å². The Kier molecular flexibility index (Phi) is 6.59. The number of aryl methyl sites for hydroxylation is 1. The van der Waals surface area contributed by atoms with E-state index in [-0.39, 0.29) is 13.4 Å². The van der Waals surface area contributed by atoms with Gasteiger partial charge in [-0.1, -0.05) is 26.0 Å². The summed E-state index contributed by atoms with van der Waals surface area (Å²) in [6.45, 7) is 6.30. The lowest BCUT2D eigenvalue weighted by atomic mass is 9.89. The molecule has 0 radical (unpaired) electrons. The lowest BCUT2D eigenvalue weighted by molar-refractivity contribution is 0.0926. The SMILES string of the molecule is Cc1cc(N(C)C2CCC(NC(=O)c3ccc(C(C)C)cc3)CC2)ccc1C#N.[HH].